The Balaban J connectivity index is 1.68. The summed E-state index contributed by atoms with van der Waals surface area (Å²) in [6, 6.07) is 11.5. The Morgan fingerprint density at radius 1 is 1.07 bits per heavy atom. The van der Waals surface area contributed by atoms with Gasteiger partial charge in [-0.2, -0.15) is 0 Å². The van der Waals surface area contributed by atoms with Crippen LogP contribution in [0.4, 0.5) is 20.6 Å². The Kier molecular flexibility index (Phi) is 5.03. The van der Waals surface area contributed by atoms with E-state index in [1.165, 1.54) is 6.07 Å². The molecule has 2 aromatic carbocycles. The van der Waals surface area contributed by atoms with E-state index in [0.29, 0.717) is 29.0 Å². The minimum Gasteiger partial charge on any atom is -0.336 e. The number of para-hydroxylation sites is 1. The van der Waals surface area contributed by atoms with E-state index in [2.05, 4.69) is 10.6 Å². The van der Waals surface area contributed by atoms with Gasteiger partial charge in [-0.05, 0) is 51.0 Å². The molecular weight excluding hydrogens is 369 g/mol. The van der Waals surface area contributed by atoms with Gasteiger partial charge < -0.3 is 15.5 Å². The highest BCUT2D eigenvalue weighted by atomic mass is 19.1. The minimum absolute atomic E-state index is 0.0199. The van der Waals surface area contributed by atoms with Gasteiger partial charge in [0.05, 0.1) is 16.9 Å². The number of carbonyl (C=O) groups excluding carboxylic acids is 2. The first kappa shape index (κ1) is 19.4. The first-order valence-corrected chi connectivity index (χ1v) is 10.2. The number of nitrogens with one attached hydrogen (secondary N) is 2. The summed E-state index contributed by atoms with van der Waals surface area (Å²) in [4.78, 5) is 27.4. The zero-order valence-electron chi connectivity index (χ0n) is 16.8. The quantitative estimate of drug-likeness (QED) is 0.782. The van der Waals surface area contributed by atoms with Gasteiger partial charge in [0.15, 0.2) is 0 Å². The summed E-state index contributed by atoms with van der Waals surface area (Å²) in [5.74, 6) is -0.455. The average Bonchev–Trinajstić information content (AvgIpc) is 3.27. The van der Waals surface area contributed by atoms with Crippen molar-refractivity contribution in [3.63, 3.8) is 0 Å². The normalized spacial score (nSPS) is 16.9. The van der Waals surface area contributed by atoms with E-state index in [9.17, 15) is 14.0 Å². The first-order chi connectivity index (χ1) is 13.9. The number of halogens is 1. The van der Waals surface area contributed by atoms with E-state index in [1.54, 1.807) is 35.2 Å². The van der Waals surface area contributed by atoms with Crippen molar-refractivity contribution in [2.24, 2.45) is 0 Å². The molecule has 0 unspecified atom stereocenters. The van der Waals surface area contributed by atoms with Crippen LogP contribution in [0.1, 0.15) is 55.5 Å². The number of hydrogen-bond acceptors (Lipinski definition) is 2. The van der Waals surface area contributed by atoms with Crippen molar-refractivity contribution in [1.29, 1.82) is 0 Å². The number of amides is 3. The molecule has 0 saturated heterocycles. The maximum Gasteiger partial charge on any atom is 0.319 e. The maximum absolute atomic E-state index is 14.8. The third kappa shape index (κ3) is 3.48. The second-order valence-electron chi connectivity index (χ2n) is 8.31. The number of urea groups is 1. The van der Waals surface area contributed by atoms with Gasteiger partial charge in [0.1, 0.15) is 5.82 Å². The highest BCUT2D eigenvalue weighted by Crippen LogP contribution is 2.51. The van der Waals surface area contributed by atoms with Gasteiger partial charge in [0.25, 0.3) is 5.91 Å². The van der Waals surface area contributed by atoms with Crippen LogP contribution in [0.2, 0.25) is 0 Å². The van der Waals surface area contributed by atoms with Crippen molar-refractivity contribution in [3.05, 3.63) is 59.4 Å². The highest BCUT2D eigenvalue weighted by molar-refractivity contribution is 6.12. The van der Waals surface area contributed by atoms with Crippen molar-refractivity contribution in [3.8, 4) is 0 Å². The fourth-order valence-corrected chi connectivity index (χ4v) is 4.72. The van der Waals surface area contributed by atoms with Crippen molar-refractivity contribution in [2.45, 2.75) is 51.0 Å². The molecule has 5 nitrogen and oxygen atoms in total. The second-order valence-corrected chi connectivity index (χ2v) is 8.31. The van der Waals surface area contributed by atoms with Crippen molar-refractivity contribution in [2.75, 3.05) is 16.8 Å². The van der Waals surface area contributed by atoms with E-state index in [0.717, 1.165) is 25.7 Å². The van der Waals surface area contributed by atoms with E-state index < -0.39 is 0 Å². The zero-order valence-corrected chi connectivity index (χ0v) is 16.8. The van der Waals surface area contributed by atoms with Crippen molar-refractivity contribution < 1.29 is 14.0 Å². The van der Waals surface area contributed by atoms with Gasteiger partial charge in [0, 0.05) is 23.6 Å². The third-order valence-electron chi connectivity index (χ3n) is 5.90. The molecule has 0 bridgehead atoms. The molecule has 6 heteroatoms. The van der Waals surface area contributed by atoms with Crippen LogP contribution in [0.25, 0.3) is 0 Å². The Labute approximate surface area is 170 Å². The molecule has 2 N–H and O–H groups in total. The van der Waals surface area contributed by atoms with Gasteiger partial charge in [-0.25, -0.2) is 9.18 Å². The molecule has 1 aliphatic heterocycles. The Morgan fingerprint density at radius 3 is 2.52 bits per heavy atom. The molecule has 4 rings (SSSR count). The predicted octanol–water partition coefficient (Wildman–Crippen LogP) is 4.83. The van der Waals surface area contributed by atoms with Crippen LogP contribution in [-0.4, -0.2) is 24.5 Å². The summed E-state index contributed by atoms with van der Waals surface area (Å²) < 4.78 is 14.8. The SMILES string of the molecule is CC(C)NC(=O)Nc1ccccc1C(=O)N1CC2(CCCC2)c2c(F)cccc21. The summed E-state index contributed by atoms with van der Waals surface area (Å²) >= 11 is 0. The van der Waals surface area contributed by atoms with Gasteiger partial charge in [-0.1, -0.05) is 31.0 Å². The van der Waals surface area contributed by atoms with Crippen LogP contribution >= 0.6 is 0 Å². The topological polar surface area (TPSA) is 61.4 Å². The average molecular weight is 395 g/mol. The van der Waals surface area contributed by atoms with Gasteiger partial charge in [0.2, 0.25) is 0 Å². The van der Waals surface area contributed by atoms with Crippen LogP contribution in [0.3, 0.4) is 0 Å². The summed E-state index contributed by atoms with van der Waals surface area (Å²) in [7, 11) is 0. The monoisotopic (exact) mass is 395 g/mol. The van der Waals surface area contributed by atoms with Crippen LogP contribution in [0, 0.1) is 5.82 Å². The molecule has 1 heterocycles. The van der Waals surface area contributed by atoms with Crippen molar-refractivity contribution in [1.82, 2.24) is 5.32 Å². The van der Waals surface area contributed by atoms with Gasteiger partial charge >= 0.3 is 6.03 Å². The molecule has 1 saturated carbocycles. The second kappa shape index (κ2) is 7.50. The Hall–Kier alpha value is -2.89. The standard InChI is InChI=1S/C23H26FN3O2/c1-15(2)25-22(29)26-18-10-4-3-8-16(18)21(28)27-14-23(12-5-6-13-23)20-17(24)9-7-11-19(20)27/h3-4,7-11,15H,5-6,12-14H2,1-2H3,(H2,25,26,29). The molecule has 2 aliphatic rings. The lowest BCUT2D eigenvalue weighted by molar-refractivity contribution is 0.0985. The fraction of sp³-hybridized carbons (Fsp3) is 0.391. The number of nitrogens with zero attached hydrogens (tertiary/aromatic N) is 1. The Bertz CT molecular complexity index is 951. The number of anilines is 2. The van der Waals surface area contributed by atoms with Crippen LogP contribution in [0.15, 0.2) is 42.5 Å². The van der Waals surface area contributed by atoms with E-state index >= 15 is 0 Å². The van der Waals surface area contributed by atoms with Crippen LogP contribution in [-0.2, 0) is 5.41 Å². The lowest BCUT2D eigenvalue weighted by atomic mass is 9.80. The fourth-order valence-electron chi connectivity index (χ4n) is 4.72. The molecule has 1 fully saturated rings. The molecule has 1 spiro atoms. The van der Waals surface area contributed by atoms with Crippen molar-refractivity contribution >= 4 is 23.3 Å². The molecule has 29 heavy (non-hydrogen) atoms. The predicted molar refractivity (Wildman–Crippen MR) is 112 cm³/mol. The summed E-state index contributed by atoms with van der Waals surface area (Å²) in [6.07, 6.45) is 3.87. The molecular formula is C23H26FN3O2. The minimum atomic E-state index is -0.361. The molecule has 2 aromatic rings. The molecule has 152 valence electrons. The molecule has 0 radical (unpaired) electrons. The zero-order chi connectivity index (χ0) is 20.6. The number of hydrogen-bond donors (Lipinski definition) is 2. The number of benzene rings is 2. The summed E-state index contributed by atoms with van der Waals surface area (Å²) in [5, 5.41) is 5.54. The Morgan fingerprint density at radius 2 is 1.79 bits per heavy atom. The molecule has 1 aliphatic carbocycles. The van der Waals surface area contributed by atoms with E-state index in [1.807, 2.05) is 19.9 Å². The smallest absolute Gasteiger partial charge is 0.319 e. The number of rotatable bonds is 3. The van der Waals surface area contributed by atoms with E-state index in [4.69, 9.17) is 0 Å². The summed E-state index contributed by atoms with van der Waals surface area (Å²) in [5.41, 5.74) is 1.87. The van der Waals surface area contributed by atoms with Crippen LogP contribution < -0.4 is 15.5 Å². The van der Waals surface area contributed by atoms with Crippen LogP contribution in [0.5, 0.6) is 0 Å². The molecule has 0 atom stereocenters. The first-order valence-electron chi connectivity index (χ1n) is 10.2. The number of fused-ring (bicyclic) bond motifs is 2. The molecule has 0 aromatic heterocycles. The lowest BCUT2D eigenvalue weighted by Gasteiger charge is -2.25. The van der Waals surface area contributed by atoms with E-state index in [-0.39, 0.29) is 29.2 Å². The van der Waals surface area contributed by atoms with Gasteiger partial charge in [-0.3, -0.25) is 4.79 Å². The maximum atomic E-state index is 14.8. The lowest BCUT2D eigenvalue weighted by Crippen LogP contribution is -2.37. The molecule has 3 amide bonds. The van der Waals surface area contributed by atoms with Gasteiger partial charge in [-0.15, -0.1) is 0 Å². The highest BCUT2D eigenvalue weighted by Gasteiger charge is 2.48. The largest absolute Gasteiger partial charge is 0.336 e. The number of carbonyl (C=O) groups is 2. The third-order valence-corrected chi connectivity index (χ3v) is 5.90. The summed E-state index contributed by atoms with van der Waals surface area (Å²) in [6.45, 7) is 4.22.